The van der Waals surface area contributed by atoms with Gasteiger partial charge in [0.05, 0.1) is 0 Å². The zero-order valence-electron chi connectivity index (χ0n) is 6.27. The largest absolute Gasteiger partial charge is 0.447 e. The zero-order chi connectivity index (χ0) is 7.97. The fourth-order valence-electron chi connectivity index (χ4n) is 1.49. The third-order valence-electron chi connectivity index (χ3n) is 2.05. The van der Waals surface area contributed by atoms with Crippen molar-refractivity contribution in [2.75, 3.05) is 0 Å². The number of hydrogen-bond acceptors (Lipinski definition) is 3. The summed E-state index contributed by atoms with van der Waals surface area (Å²) in [4.78, 5) is 8.24. The van der Waals surface area contributed by atoms with Crippen LogP contribution in [0.25, 0.3) is 5.57 Å². The number of rotatable bonds is 0. The first-order chi connectivity index (χ1) is 5.95. The van der Waals surface area contributed by atoms with Gasteiger partial charge in [-0.15, -0.1) is 0 Å². The minimum atomic E-state index is -0.130. The number of pyridine rings is 1. The van der Waals surface area contributed by atoms with Crippen LogP contribution in [0.3, 0.4) is 0 Å². The minimum Gasteiger partial charge on any atom is -0.447 e. The summed E-state index contributed by atoms with van der Waals surface area (Å²) in [5, 5.41) is 0. The molecule has 1 aromatic rings. The molecule has 58 valence electrons. The molecule has 12 heavy (non-hydrogen) atoms. The van der Waals surface area contributed by atoms with Gasteiger partial charge in [-0.1, -0.05) is 0 Å². The van der Waals surface area contributed by atoms with E-state index in [2.05, 4.69) is 9.98 Å². The van der Waals surface area contributed by atoms with Crippen molar-refractivity contribution >= 4 is 11.8 Å². The highest BCUT2D eigenvalue weighted by molar-refractivity contribution is 5.93. The molecule has 3 rings (SSSR count). The highest BCUT2D eigenvalue weighted by Crippen LogP contribution is 2.37. The summed E-state index contributed by atoms with van der Waals surface area (Å²) in [5.74, 6) is 0.700. The molecule has 3 heteroatoms. The lowest BCUT2D eigenvalue weighted by Gasteiger charge is -1.99. The number of nitrogens with zero attached hydrogens (tertiary/aromatic N) is 2. The maximum Gasteiger partial charge on any atom is 0.223 e. The molecule has 3 heterocycles. The summed E-state index contributed by atoms with van der Waals surface area (Å²) >= 11 is 0. The standard InChI is InChI=1S/C9H6N2O/c1-2-6-7-3-5-11-9(7)12-8(6)10-4-1/h1-5,9H. The zero-order valence-corrected chi connectivity index (χ0v) is 6.27. The van der Waals surface area contributed by atoms with Gasteiger partial charge < -0.3 is 4.74 Å². The number of hydrogen-bond donors (Lipinski definition) is 0. The Hall–Kier alpha value is -1.64. The molecule has 0 N–H and O–H groups in total. The monoisotopic (exact) mass is 158 g/mol. The fourth-order valence-corrected chi connectivity index (χ4v) is 1.49. The summed E-state index contributed by atoms with van der Waals surface area (Å²) in [6.07, 6.45) is 5.34. The highest BCUT2D eigenvalue weighted by Gasteiger charge is 2.30. The summed E-state index contributed by atoms with van der Waals surface area (Å²) in [6.45, 7) is 0. The Labute approximate surface area is 69.4 Å². The van der Waals surface area contributed by atoms with Crippen LogP contribution < -0.4 is 4.74 Å². The van der Waals surface area contributed by atoms with Crippen LogP contribution >= 0.6 is 0 Å². The second-order valence-electron chi connectivity index (χ2n) is 2.75. The Bertz CT molecular complexity index is 395. The third kappa shape index (κ3) is 0.605. The van der Waals surface area contributed by atoms with Crippen LogP contribution in [0.4, 0.5) is 0 Å². The van der Waals surface area contributed by atoms with Crippen molar-refractivity contribution in [2.24, 2.45) is 4.99 Å². The molecule has 0 spiro atoms. The van der Waals surface area contributed by atoms with Crippen LogP contribution in [-0.4, -0.2) is 17.4 Å². The van der Waals surface area contributed by atoms with Gasteiger partial charge in [0, 0.05) is 23.5 Å². The molecule has 0 amide bonds. The molecular formula is C9H6N2O. The van der Waals surface area contributed by atoms with Gasteiger partial charge in [-0.25, -0.2) is 9.98 Å². The number of aromatic nitrogens is 1. The van der Waals surface area contributed by atoms with Crippen LogP contribution in [0.5, 0.6) is 5.88 Å². The minimum absolute atomic E-state index is 0.130. The highest BCUT2D eigenvalue weighted by atomic mass is 16.5. The Morgan fingerprint density at radius 2 is 2.42 bits per heavy atom. The van der Waals surface area contributed by atoms with E-state index < -0.39 is 0 Å². The lowest BCUT2D eigenvalue weighted by Crippen LogP contribution is -2.04. The van der Waals surface area contributed by atoms with Gasteiger partial charge in [-0.3, -0.25) is 0 Å². The lowest BCUT2D eigenvalue weighted by molar-refractivity contribution is 0.279. The van der Waals surface area contributed by atoms with E-state index in [0.29, 0.717) is 5.88 Å². The van der Waals surface area contributed by atoms with E-state index in [1.54, 1.807) is 12.4 Å². The summed E-state index contributed by atoms with van der Waals surface area (Å²) in [7, 11) is 0. The molecule has 2 aliphatic rings. The number of allylic oxidation sites excluding steroid dienone is 1. The predicted octanol–water partition coefficient (Wildman–Crippen LogP) is 1.27. The van der Waals surface area contributed by atoms with Gasteiger partial charge in [0.2, 0.25) is 12.1 Å². The fraction of sp³-hybridized carbons (Fsp3) is 0.111. The van der Waals surface area contributed by atoms with Crippen molar-refractivity contribution in [1.29, 1.82) is 0 Å². The third-order valence-corrected chi connectivity index (χ3v) is 2.05. The van der Waals surface area contributed by atoms with Gasteiger partial charge in [0.25, 0.3) is 0 Å². The molecule has 0 fully saturated rings. The van der Waals surface area contributed by atoms with Crippen molar-refractivity contribution in [3.05, 3.63) is 30.0 Å². The summed E-state index contributed by atoms with van der Waals surface area (Å²) in [5.41, 5.74) is 2.19. The molecule has 0 aliphatic carbocycles. The van der Waals surface area contributed by atoms with Crippen LogP contribution in [0, 0.1) is 0 Å². The molecule has 0 saturated heterocycles. The lowest BCUT2D eigenvalue weighted by atomic mass is 10.1. The van der Waals surface area contributed by atoms with Gasteiger partial charge in [-0.05, 0) is 18.2 Å². The molecule has 0 bridgehead atoms. The average Bonchev–Trinajstić information content (AvgIpc) is 2.62. The molecule has 2 aliphatic heterocycles. The molecule has 0 aromatic carbocycles. The molecule has 1 unspecified atom stereocenters. The second-order valence-corrected chi connectivity index (χ2v) is 2.75. The molecule has 0 saturated carbocycles. The van der Waals surface area contributed by atoms with Crippen molar-refractivity contribution in [2.45, 2.75) is 6.23 Å². The molecule has 1 aromatic heterocycles. The molecule has 0 radical (unpaired) electrons. The van der Waals surface area contributed by atoms with Crippen LogP contribution in [0.2, 0.25) is 0 Å². The maximum atomic E-state index is 5.45. The van der Waals surface area contributed by atoms with Gasteiger partial charge in [-0.2, -0.15) is 0 Å². The van der Waals surface area contributed by atoms with Gasteiger partial charge in [0.15, 0.2) is 0 Å². The van der Waals surface area contributed by atoms with E-state index in [4.69, 9.17) is 4.74 Å². The number of aliphatic imine (C=N–C) groups is 1. The van der Waals surface area contributed by atoms with E-state index in [-0.39, 0.29) is 6.23 Å². The summed E-state index contributed by atoms with van der Waals surface area (Å²) in [6, 6.07) is 3.91. The Balaban J connectivity index is 2.23. The maximum absolute atomic E-state index is 5.45. The van der Waals surface area contributed by atoms with Crippen LogP contribution in [-0.2, 0) is 0 Å². The number of ether oxygens (including phenoxy) is 1. The first kappa shape index (κ1) is 5.94. The van der Waals surface area contributed by atoms with E-state index in [0.717, 1.165) is 11.1 Å². The van der Waals surface area contributed by atoms with Crippen molar-refractivity contribution in [3.8, 4) is 5.88 Å². The van der Waals surface area contributed by atoms with Crippen LogP contribution in [0.1, 0.15) is 5.56 Å². The van der Waals surface area contributed by atoms with Crippen molar-refractivity contribution < 1.29 is 4.74 Å². The first-order valence-electron chi connectivity index (χ1n) is 3.80. The second kappa shape index (κ2) is 1.94. The van der Waals surface area contributed by atoms with Gasteiger partial charge >= 0.3 is 0 Å². The molecule has 3 nitrogen and oxygen atoms in total. The Morgan fingerprint density at radius 3 is 3.42 bits per heavy atom. The molecule has 1 atom stereocenters. The van der Waals surface area contributed by atoms with E-state index in [9.17, 15) is 0 Å². The van der Waals surface area contributed by atoms with E-state index in [1.165, 1.54) is 0 Å². The van der Waals surface area contributed by atoms with E-state index in [1.807, 2.05) is 18.2 Å². The Kier molecular flexibility index (Phi) is 0.961. The smallest absolute Gasteiger partial charge is 0.223 e. The molecular weight excluding hydrogens is 152 g/mol. The summed E-state index contributed by atoms with van der Waals surface area (Å²) < 4.78 is 5.45. The van der Waals surface area contributed by atoms with Crippen LogP contribution in [0.15, 0.2) is 29.4 Å². The van der Waals surface area contributed by atoms with Crippen molar-refractivity contribution in [1.82, 2.24) is 4.98 Å². The van der Waals surface area contributed by atoms with Gasteiger partial charge in [0.1, 0.15) is 0 Å². The first-order valence-corrected chi connectivity index (χ1v) is 3.80. The predicted molar refractivity (Wildman–Crippen MR) is 45.1 cm³/mol. The topological polar surface area (TPSA) is 34.5 Å². The SMILES string of the molecule is C1=NC2Oc3ncccc3C2=C1. The average molecular weight is 158 g/mol. The Morgan fingerprint density at radius 1 is 1.42 bits per heavy atom. The quantitative estimate of drug-likeness (QED) is 0.569. The normalized spacial score (nSPS) is 23.0. The van der Waals surface area contributed by atoms with E-state index >= 15 is 0 Å². The van der Waals surface area contributed by atoms with Crippen molar-refractivity contribution in [3.63, 3.8) is 0 Å². The number of fused-ring (bicyclic) bond motifs is 3.